The number of aromatic nitrogens is 2. The lowest BCUT2D eigenvalue weighted by Gasteiger charge is -2.14. The molecule has 1 heterocycles. The van der Waals surface area contributed by atoms with Crippen LogP contribution in [-0.4, -0.2) is 9.97 Å². The first-order valence-corrected chi connectivity index (χ1v) is 6.99. The molecule has 0 unspecified atom stereocenters. The largest absolute Gasteiger partial charge is 0.451 e. The summed E-state index contributed by atoms with van der Waals surface area (Å²) >= 11 is 8.99. The third-order valence-corrected chi connectivity index (χ3v) is 3.35. The summed E-state index contributed by atoms with van der Waals surface area (Å²) in [4.78, 5) is 6.65. The summed E-state index contributed by atoms with van der Waals surface area (Å²) in [5.74, 6) is -1.28. The summed E-state index contributed by atoms with van der Waals surface area (Å²) in [5, 5.41) is 2.59. The lowest BCUT2D eigenvalue weighted by Crippen LogP contribution is -2.12. The van der Waals surface area contributed by atoms with E-state index in [4.69, 9.17) is 11.6 Å². The summed E-state index contributed by atoms with van der Waals surface area (Å²) in [6.07, 6.45) is -4.65. The molecule has 2 rings (SSSR count). The summed E-state index contributed by atoms with van der Waals surface area (Å²) in [6.45, 7) is 3.68. The van der Waals surface area contributed by atoms with E-state index >= 15 is 0 Å². The van der Waals surface area contributed by atoms with Crippen molar-refractivity contribution < 1.29 is 13.2 Å². The van der Waals surface area contributed by atoms with Crippen molar-refractivity contribution in [2.75, 3.05) is 5.32 Å². The van der Waals surface area contributed by atoms with Gasteiger partial charge in [0, 0.05) is 16.2 Å². The fourth-order valence-electron chi connectivity index (χ4n) is 1.84. The van der Waals surface area contributed by atoms with Gasteiger partial charge in [-0.3, -0.25) is 0 Å². The number of halogens is 5. The molecule has 0 amide bonds. The molecule has 3 nitrogen and oxygen atoms in total. The van der Waals surface area contributed by atoms with Crippen molar-refractivity contribution in [1.82, 2.24) is 9.97 Å². The average Bonchev–Trinajstić information content (AvgIpc) is 2.32. The fourth-order valence-corrected chi connectivity index (χ4v) is 2.71. The minimum Gasteiger partial charge on any atom is -0.340 e. The molecule has 21 heavy (non-hydrogen) atoms. The molecule has 0 atom stereocenters. The Morgan fingerprint density at radius 2 is 1.67 bits per heavy atom. The monoisotopic (exact) mass is 379 g/mol. The van der Waals surface area contributed by atoms with Crippen LogP contribution in [0, 0.1) is 13.8 Å². The van der Waals surface area contributed by atoms with Crippen LogP contribution in [-0.2, 0) is 6.18 Å². The second-order valence-corrected chi connectivity index (χ2v) is 5.74. The lowest BCUT2D eigenvalue weighted by atomic mass is 10.1. The van der Waals surface area contributed by atoms with Crippen LogP contribution in [0.3, 0.4) is 0 Å². The number of aryl methyl sites for hydroxylation is 2. The predicted molar refractivity (Wildman–Crippen MR) is 78.9 cm³/mol. The van der Waals surface area contributed by atoms with Crippen molar-refractivity contribution in [3.05, 3.63) is 44.8 Å². The number of hydrogen-bond donors (Lipinski definition) is 1. The van der Waals surface area contributed by atoms with Crippen molar-refractivity contribution >= 4 is 39.0 Å². The summed E-state index contributed by atoms with van der Waals surface area (Å²) in [5.41, 5.74) is 2.41. The quantitative estimate of drug-likeness (QED) is 0.721. The molecule has 0 saturated heterocycles. The summed E-state index contributed by atoms with van der Waals surface area (Å²) in [6, 6.07) is 4.95. The summed E-state index contributed by atoms with van der Waals surface area (Å²) < 4.78 is 38.9. The van der Waals surface area contributed by atoms with Crippen molar-refractivity contribution in [2.45, 2.75) is 20.0 Å². The molecule has 1 N–H and O–H groups in total. The van der Waals surface area contributed by atoms with Crippen molar-refractivity contribution in [3.63, 3.8) is 0 Å². The highest BCUT2D eigenvalue weighted by Crippen LogP contribution is 2.31. The molecule has 0 radical (unpaired) electrons. The van der Waals surface area contributed by atoms with Crippen molar-refractivity contribution in [1.29, 1.82) is 0 Å². The molecule has 112 valence electrons. The zero-order valence-electron chi connectivity index (χ0n) is 11.0. The van der Waals surface area contributed by atoms with Crippen molar-refractivity contribution in [3.8, 4) is 0 Å². The average molecular weight is 381 g/mol. The van der Waals surface area contributed by atoms with Gasteiger partial charge in [-0.1, -0.05) is 27.5 Å². The van der Waals surface area contributed by atoms with E-state index in [2.05, 4.69) is 31.2 Å². The topological polar surface area (TPSA) is 37.8 Å². The standard InChI is InChI=1S/C13H10BrClF3N3/c1-6-3-8(14)4-7(2)11(6)20-10-5-9(15)19-12(21-10)13(16,17)18/h3-5H,1-2H3,(H,19,20,21). The van der Waals surface area contributed by atoms with E-state index in [0.717, 1.165) is 15.6 Å². The van der Waals surface area contributed by atoms with E-state index < -0.39 is 12.0 Å². The smallest absolute Gasteiger partial charge is 0.340 e. The minimum atomic E-state index is -4.65. The van der Waals surface area contributed by atoms with Gasteiger partial charge in [-0.15, -0.1) is 0 Å². The van der Waals surface area contributed by atoms with Gasteiger partial charge >= 0.3 is 6.18 Å². The second kappa shape index (κ2) is 5.81. The number of benzene rings is 1. The van der Waals surface area contributed by atoms with Gasteiger partial charge in [0.1, 0.15) is 11.0 Å². The maximum atomic E-state index is 12.7. The van der Waals surface area contributed by atoms with Gasteiger partial charge in [0.2, 0.25) is 5.82 Å². The molecule has 1 aromatic carbocycles. The van der Waals surface area contributed by atoms with Crippen LogP contribution in [0.25, 0.3) is 0 Å². The van der Waals surface area contributed by atoms with Gasteiger partial charge in [-0.05, 0) is 37.1 Å². The fraction of sp³-hybridized carbons (Fsp3) is 0.231. The SMILES string of the molecule is Cc1cc(Br)cc(C)c1Nc1cc(Cl)nc(C(F)(F)F)n1. The van der Waals surface area contributed by atoms with Crippen LogP contribution >= 0.6 is 27.5 Å². The van der Waals surface area contributed by atoms with Crippen LogP contribution in [0.5, 0.6) is 0 Å². The molecule has 0 aliphatic rings. The van der Waals surface area contributed by atoms with Gasteiger partial charge in [-0.2, -0.15) is 13.2 Å². The van der Waals surface area contributed by atoms with Crippen molar-refractivity contribution in [2.24, 2.45) is 0 Å². The van der Waals surface area contributed by atoms with Crippen LogP contribution in [0.2, 0.25) is 5.15 Å². The predicted octanol–water partition coefficient (Wildman–Crippen LogP) is 5.27. The van der Waals surface area contributed by atoms with Crippen LogP contribution in [0.15, 0.2) is 22.7 Å². The third-order valence-electron chi connectivity index (χ3n) is 2.70. The molecule has 2 aromatic rings. The maximum absolute atomic E-state index is 12.7. The first kappa shape index (κ1) is 16.0. The molecular formula is C13H10BrClF3N3. The number of hydrogen-bond acceptors (Lipinski definition) is 3. The van der Waals surface area contributed by atoms with Crippen LogP contribution in [0.4, 0.5) is 24.7 Å². The molecular weight excluding hydrogens is 371 g/mol. The highest BCUT2D eigenvalue weighted by Gasteiger charge is 2.35. The van der Waals surface area contributed by atoms with Gasteiger partial charge in [0.25, 0.3) is 0 Å². The highest BCUT2D eigenvalue weighted by atomic mass is 79.9. The number of alkyl halides is 3. The van der Waals surface area contributed by atoms with Crippen LogP contribution < -0.4 is 5.32 Å². The number of rotatable bonds is 2. The molecule has 8 heteroatoms. The Morgan fingerprint density at radius 1 is 1.10 bits per heavy atom. The molecule has 0 bridgehead atoms. The van der Waals surface area contributed by atoms with Crippen LogP contribution in [0.1, 0.15) is 17.0 Å². The Morgan fingerprint density at radius 3 is 2.19 bits per heavy atom. The highest BCUT2D eigenvalue weighted by molar-refractivity contribution is 9.10. The maximum Gasteiger partial charge on any atom is 0.451 e. The van der Waals surface area contributed by atoms with E-state index in [-0.39, 0.29) is 11.0 Å². The molecule has 0 fully saturated rings. The minimum absolute atomic E-state index is 0.00384. The Kier molecular flexibility index (Phi) is 4.43. The van der Waals surface area contributed by atoms with Gasteiger partial charge in [-0.25, -0.2) is 9.97 Å². The normalized spacial score (nSPS) is 11.6. The van der Waals surface area contributed by atoms with E-state index in [1.807, 2.05) is 26.0 Å². The van der Waals surface area contributed by atoms with Gasteiger partial charge in [0.05, 0.1) is 0 Å². The van der Waals surface area contributed by atoms with E-state index in [9.17, 15) is 13.2 Å². The van der Waals surface area contributed by atoms with Gasteiger partial charge in [0.15, 0.2) is 0 Å². The zero-order valence-corrected chi connectivity index (χ0v) is 13.4. The molecule has 1 aromatic heterocycles. The Labute approximate surface area is 132 Å². The number of nitrogens with zero attached hydrogens (tertiary/aromatic N) is 2. The third kappa shape index (κ3) is 3.85. The number of nitrogens with one attached hydrogen (secondary N) is 1. The molecule has 0 spiro atoms. The Bertz CT molecular complexity index is 666. The Balaban J connectivity index is 2.43. The second-order valence-electron chi connectivity index (χ2n) is 4.44. The van der Waals surface area contributed by atoms with E-state index in [1.165, 1.54) is 6.07 Å². The molecule has 0 saturated carbocycles. The van der Waals surface area contributed by atoms with E-state index in [1.54, 1.807) is 0 Å². The first-order chi connectivity index (χ1) is 9.66. The summed E-state index contributed by atoms with van der Waals surface area (Å²) in [7, 11) is 0. The zero-order chi connectivity index (χ0) is 15.8. The first-order valence-electron chi connectivity index (χ1n) is 5.82. The lowest BCUT2D eigenvalue weighted by molar-refractivity contribution is -0.144. The molecule has 0 aliphatic carbocycles. The Hall–Kier alpha value is -1.34. The molecule has 0 aliphatic heterocycles. The van der Waals surface area contributed by atoms with E-state index in [0.29, 0.717) is 5.69 Å². The van der Waals surface area contributed by atoms with Gasteiger partial charge < -0.3 is 5.32 Å². The number of anilines is 2.